The van der Waals surface area contributed by atoms with Crippen LogP contribution in [-0.2, 0) is 9.53 Å². The number of piperidine rings is 1. The van der Waals surface area contributed by atoms with Crippen LogP contribution in [0.3, 0.4) is 0 Å². The molecule has 3 aliphatic rings. The van der Waals surface area contributed by atoms with Crippen molar-refractivity contribution in [2.75, 3.05) is 13.1 Å². The summed E-state index contributed by atoms with van der Waals surface area (Å²) in [4.78, 5) is 26.1. The normalized spacial score (nSPS) is 27.9. The molecule has 0 radical (unpaired) electrons. The van der Waals surface area contributed by atoms with E-state index in [1.165, 1.54) is 12.8 Å². The number of ether oxygens (including phenoxy) is 1. The van der Waals surface area contributed by atoms with E-state index in [1.54, 1.807) is 4.90 Å². The third-order valence-corrected chi connectivity index (χ3v) is 5.08. The Bertz CT molecular complexity index is 457. The van der Waals surface area contributed by atoms with Gasteiger partial charge in [-0.1, -0.05) is 12.8 Å². The fraction of sp³-hybridized carbons (Fsp3) is 0.882. The van der Waals surface area contributed by atoms with E-state index in [1.807, 2.05) is 20.8 Å². The Morgan fingerprint density at radius 1 is 1.32 bits per heavy atom. The molecule has 3 rings (SSSR count). The van der Waals surface area contributed by atoms with Crippen molar-refractivity contribution >= 4 is 12.0 Å². The molecule has 1 spiro atoms. The van der Waals surface area contributed by atoms with E-state index in [9.17, 15) is 9.59 Å². The molecular formula is C17H28N2O3. The van der Waals surface area contributed by atoms with Gasteiger partial charge < -0.3 is 15.0 Å². The lowest BCUT2D eigenvalue weighted by molar-refractivity contribution is -0.123. The van der Waals surface area contributed by atoms with Crippen LogP contribution in [0.1, 0.15) is 59.3 Å². The van der Waals surface area contributed by atoms with Crippen molar-refractivity contribution in [3.63, 3.8) is 0 Å². The van der Waals surface area contributed by atoms with Crippen LogP contribution in [0, 0.1) is 11.8 Å². The van der Waals surface area contributed by atoms with Gasteiger partial charge in [0.15, 0.2) is 0 Å². The first-order valence-corrected chi connectivity index (χ1v) is 8.56. The molecule has 2 amide bonds. The quantitative estimate of drug-likeness (QED) is 0.853. The van der Waals surface area contributed by atoms with E-state index in [4.69, 9.17) is 4.74 Å². The lowest BCUT2D eigenvalue weighted by Crippen LogP contribution is -2.52. The smallest absolute Gasteiger partial charge is 0.410 e. The van der Waals surface area contributed by atoms with Gasteiger partial charge in [-0.3, -0.25) is 4.79 Å². The fourth-order valence-electron chi connectivity index (χ4n) is 3.70. The summed E-state index contributed by atoms with van der Waals surface area (Å²) in [5.41, 5.74) is -0.529. The minimum Gasteiger partial charge on any atom is -0.444 e. The average molecular weight is 308 g/mol. The van der Waals surface area contributed by atoms with Crippen LogP contribution in [-0.4, -0.2) is 41.1 Å². The zero-order valence-electron chi connectivity index (χ0n) is 14.0. The number of nitrogens with one attached hydrogen (secondary N) is 1. The number of carbonyl (C=O) groups is 2. The lowest BCUT2D eigenvalue weighted by Gasteiger charge is -2.39. The van der Waals surface area contributed by atoms with Crippen molar-refractivity contribution in [1.29, 1.82) is 0 Å². The zero-order valence-corrected chi connectivity index (χ0v) is 14.0. The second-order valence-electron chi connectivity index (χ2n) is 8.32. The highest BCUT2D eigenvalue weighted by Crippen LogP contribution is 2.42. The highest BCUT2D eigenvalue weighted by molar-refractivity contribution is 5.82. The summed E-state index contributed by atoms with van der Waals surface area (Å²) in [6, 6.07) is 0. The van der Waals surface area contributed by atoms with Gasteiger partial charge in [0.25, 0.3) is 0 Å². The summed E-state index contributed by atoms with van der Waals surface area (Å²) < 4.78 is 5.43. The van der Waals surface area contributed by atoms with Crippen LogP contribution in [0.15, 0.2) is 0 Å². The summed E-state index contributed by atoms with van der Waals surface area (Å²) >= 11 is 0. The number of likely N-dealkylation sites (tertiary alicyclic amines) is 1. The number of hydrogen-bond donors (Lipinski definition) is 1. The molecule has 0 aromatic rings. The van der Waals surface area contributed by atoms with Crippen LogP contribution >= 0.6 is 0 Å². The minimum absolute atomic E-state index is 0.0743. The van der Waals surface area contributed by atoms with Crippen molar-refractivity contribution in [2.24, 2.45) is 11.8 Å². The largest absolute Gasteiger partial charge is 0.444 e. The van der Waals surface area contributed by atoms with Gasteiger partial charge in [0.05, 0.1) is 0 Å². The van der Waals surface area contributed by atoms with E-state index in [2.05, 4.69) is 5.32 Å². The summed E-state index contributed by atoms with van der Waals surface area (Å²) in [7, 11) is 0. The predicted molar refractivity (Wildman–Crippen MR) is 83.4 cm³/mol. The monoisotopic (exact) mass is 308 g/mol. The maximum absolute atomic E-state index is 12.2. The first-order chi connectivity index (χ1) is 10.3. The Labute approximate surface area is 132 Å². The molecule has 0 aromatic carbocycles. The van der Waals surface area contributed by atoms with Crippen molar-refractivity contribution in [2.45, 2.75) is 70.4 Å². The molecular weight excluding hydrogens is 280 g/mol. The van der Waals surface area contributed by atoms with Crippen LogP contribution < -0.4 is 5.32 Å². The number of rotatable bonds is 2. The van der Waals surface area contributed by atoms with Gasteiger partial charge in [-0.15, -0.1) is 0 Å². The standard InChI is InChI=1S/C17H28N2O3/c1-16(2,3)22-15(21)19-8-6-17(7-9-19)11-13(14(20)18-17)10-12-4-5-12/h12-13H,4-11H2,1-3H3,(H,18,20). The van der Waals surface area contributed by atoms with Crippen LogP contribution in [0.5, 0.6) is 0 Å². The van der Waals surface area contributed by atoms with Crippen molar-refractivity contribution in [3.05, 3.63) is 0 Å². The molecule has 2 aliphatic heterocycles. The van der Waals surface area contributed by atoms with Gasteiger partial charge in [0.2, 0.25) is 5.91 Å². The summed E-state index contributed by atoms with van der Waals surface area (Å²) in [6.45, 7) is 7.00. The van der Waals surface area contributed by atoms with Crippen molar-refractivity contribution in [3.8, 4) is 0 Å². The highest BCUT2D eigenvalue weighted by atomic mass is 16.6. The molecule has 1 N–H and O–H groups in total. The molecule has 5 heteroatoms. The Kier molecular flexibility index (Phi) is 3.86. The second-order valence-corrected chi connectivity index (χ2v) is 8.32. The number of carbonyl (C=O) groups excluding carboxylic acids is 2. The first kappa shape index (κ1) is 15.6. The molecule has 1 atom stereocenters. The molecule has 124 valence electrons. The molecule has 1 saturated carbocycles. The number of hydrogen-bond acceptors (Lipinski definition) is 3. The Hall–Kier alpha value is -1.26. The summed E-state index contributed by atoms with van der Waals surface area (Å²) in [5.74, 6) is 1.21. The van der Waals surface area contributed by atoms with E-state index in [0.717, 1.165) is 31.6 Å². The van der Waals surface area contributed by atoms with Crippen molar-refractivity contribution < 1.29 is 14.3 Å². The molecule has 0 aromatic heterocycles. The Morgan fingerprint density at radius 3 is 2.50 bits per heavy atom. The Morgan fingerprint density at radius 2 is 1.95 bits per heavy atom. The Balaban J connectivity index is 1.53. The summed E-state index contributed by atoms with van der Waals surface area (Å²) in [5, 5.41) is 3.24. The van der Waals surface area contributed by atoms with Gasteiger partial charge in [-0.25, -0.2) is 4.79 Å². The molecule has 0 bridgehead atoms. The van der Waals surface area contributed by atoms with Crippen LogP contribution in [0.2, 0.25) is 0 Å². The minimum atomic E-state index is -0.455. The van der Waals surface area contributed by atoms with Crippen LogP contribution in [0.4, 0.5) is 4.79 Å². The van der Waals surface area contributed by atoms with E-state index in [-0.39, 0.29) is 23.5 Å². The second kappa shape index (κ2) is 5.43. The number of nitrogens with zero attached hydrogens (tertiary/aromatic N) is 1. The first-order valence-electron chi connectivity index (χ1n) is 8.56. The molecule has 2 heterocycles. The van der Waals surface area contributed by atoms with Gasteiger partial charge in [0.1, 0.15) is 5.60 Å². The molecule has 1 unspecified atom stereocenters. The third-order valence-electron chi connectivity index (χ3n) is 5.08. The average Bonchev–Trinajstić information content (AvgIpc) is 3.15. The third kappa shape index (κ3) is 3.55. The molecule has 1 aliphatic carbocycles. The molecule has 2 saturated heterocycles. The molecule has 5 nitrogen and oxygen atoms in total. The zero-order chi connectivity index (χ0) is 16.0. The van der Waals surface area contributed by atoms with Gasteiger partial charge >= 0.3 is 6.09 Å². The lowest BCUT2D eigenvalue weighted by atomic mass is 9.82. The van der Waals surface area contributed by atoms with Gasteiger partial charge in [-0.05, 0) is 52.4 Å². The van der Waals surface area contributed by atoms with E-state index >= 15 is 0 Å². The predicted octanol–water partition coefficient (Wildman–Crippen LogP) is 2.69. The molecule has 22 heavy (non-hydrogen) atoms. The fourth-order valence-corrected chi connectivity index (χ4v) is 3.70. The number of amides is 2. The van der Waals surface area contributed by atoms with Crippen molar-refractivity contribution in [1.82, 2.24) is 10.2 Å². The van der Waals surface area contributed by atoms with Gasteiger partial charge in [-0.2, -0.15) is 0 Å². The SMILES string of the molecule is CC(C)(C)OC(=O)N1CCC2(CC1)CC(CC1CC1)C(=O)N2. The maximum atomic E-state index is 12.2. The topological polar surface area (TPSA) is 58.6 Å². The highest BCUT2D eigenvalue weighted by Gasteiger charge is 2.47. The summed E-state index contributed by atoms with van der Waals surface area (Å²) in [6.07, 6.45) is 6.06. The van der Waals surface area contributed by atoms with Crippen LogP contribution in [0.25, 0.3) is 0 Å². The van der Waals surface area contributed by atoms with E-state index < -0.39 is 5.60 Å². The molecule has 3 fully saturated rings. The van der Waals surface area contributed by atoms with E-state index in [0.29, 0.717) is 13.1 Å². The van der Waals surface area contributed by atoms with Gasteiger partial charge in [0, 0.05) is 24.5 Å². The maximum Gasteiger partial charge on any atom is 0.410 e.